The first-order chi connectivity index (χ1) is 8.16. The van der Waals surface area contributed by atoms with Crippen LogP contribution in [0, 0.1) is 0 Å². The van der Waals surface area contributed by atoms with Crippen LogP contribution in [0.3, 0.4) is 0 Å². The zero-order valence-electron chi connectivity index (χ0n) is 9.25. The first kappa shape index (κ1) is 11.7. The van der Waals surface area contributed by atoms with E-state index >= 15 is 0 Å². The van der Waals surface area contributed by atoms with Crippen molar-refractivity contribution in [1.82, 2.24) is 9.97 Å². The van der Waals surface area contributed by atoms with E-state index in [0.717, 1.165) is 11.3 Å². The van der Waals surface area contributed by atoms with Crippen molar-refractivity contribution in [3.8, 4) is 11.3 Å². The summed E-state index contributed by atoms with van der Waals surface area (Å²) in [5.74, 6) is -0.236. The van der Waals surface area contributed by atoms with Gasteiger partial charge in [0.1, 0.15) is 0 Å². The number of rotatable bonds is 3. The second-order valence-corrected chi connectivity index (χ2v) is 4.41. The van der Waals surface area contributed by atoms with Gasteiger partial charge < -0.3 is 11.1 Å². The summed E-state index contributed by atoms with van der Waals surface area (Å²) in [6, 6.07) is 3.20. The molecular weight excluding hydrogens is 236 g/mol. The molecule has 2 heterocycles. The van der Waals surface area contributed by atoms with E-state index in [1.165, 1.54) is 11.3 Å². The Morgan fingerprint density at radius 1 is 1.47 bits per heavy atom. The van der Waals surface area contributed by atoms with Crippen molar-refractivity contribution in [2.75, 3.05) is 5.32 Å². The molecule has 0 aliphatic carbocycles. The molecule has 1 unspecified atom stereocenters. The summed E-state index contributed by atoms with van der Waals surface area (Å²) in [6.07, 6.45) is 3.41. The monoisotopic (exact) mass is 248 g/mol. The minimum absolute atomic E-state index is 0.236. The zero-order valence-corrected chi connectivity index (χ0v) is 10.1. The van der Waals surface area contributed by atoms with Gasteiger partial charge in [0.15, 0.2) is 5.13 Å². The first-order valence-corrected chi connectivity index (χ1v) is 5.97. The maximum atomic E-state index is 11.4. The van der Waals surface area contributed by atoms with Gasteiger partial charge in [0.25, 0.3) is 0 Å². The molecule has 0 fully saturated rings. The Balaban J connectivity index is 2.14. The van der Waals surface area contributed by atoms with E-state index in [4.69, 9.17) is 5.73 Å². The number of thiazole rings is 1. The fourth-order valence-corrected chi connectivity index (χ4v) is 1.93. The molecule has 6 heteroatoms. The van der Waals surface area contributed by atoms with Gasteiger partial charge in [-0.1, -0.05) is 0 Å². The van der Waals surface area contributed by atoms with Crippen molar-refractivity contribution < 1.29 is 4.79 Å². The number of amides is 1. The first-order valence-electron chi connectivity index (χ1n) is 5.09. The number of nitrogens with one attached hydrogen (secondary N) is 1. The molecule has 0 spiro atoms. The summed E-state index contributed by atoms with van der Waals surface area (Å²) < 4.78 is 0. The number of nitrogens with zero attached hydrogens (tertiary/aromatic N) is 2. The van der Waals surface area contributed by atoms with Crippen LogP contribution in [0.2, 0.25) is 0 Å². The van der Waals surface area contributed by atoms with E-state index in [-0.39, 0.29) is 5.91 Å². The van der Waals surface area contributed by atoms with E-state index in [9.17, 15) is 4.79 Å². The zero-order chi connectivity index (χ0) is 12.3. The molecule has 0 saturated carbocycles. The Morgan fingerprint density at radius 2 is 2.18 bits per heavy atom. The maximum Gasteiger partial charge on any atom is 0.242 e. The van der Waals surface area contributed by atoms with Crippen LogP contribution >= 0.6 is 11.3 Å². The van der Waals surface area contributed by atoms with Crippen molar-refractivity contribution in [1.29, 1.82) is 0 Å². The highest BCUT2D eigenvalue weighted by molar-refractivity contribution is 7.14. The molecular formula is C11H12N4OS. The van der Waals surface area contributed by atoms with Crippen LogP contribution in [0.15, 0.2) is 29.9 Å². The van der Waals surface area contributed by atoms with Gasteiger partial charge in [-0.3, -0.25) is 9.78 Å². The van der Waals surface area contributed by atoms with Gasteiger partial charge in [0.2, 0.25) is 5.91 Å². The second-order valence-electron chi connectivity index (χ2n) is 3.55. The van der Waals surface area contributed by atoms with Gasteiger partial charge in [-0.05, 0) is 19.1 Å². The van der Waals surface area contributed by atoms with Gasteiger partial charge in [-0.2, -0.15) is 0 Å². The number of nitrogens with two attached hydrogens (primary N) is 1. The molecule has 0 saturated heterocycles. The number of hydrogen-bond acceptors (Lipinski definition) is 5. The molecule has 0 aromatic carbocycles. The van der Waals surface area contributed by atoms with Crippen LogP contribution < -0.4 is 11.1 Å². The Kier molecular flexibility index (Phi) is 3.46. The molecule has 0 aliphatic rings. The number of aromatic nitrogens is 2. The molecule has 17 heavy (non-hydrogen) atoms. The highest BCUT2D eigenvalue weighted by Crippen LogP contribution is 2.24. The molecule has 2 aromatic rings. The molecule has 5 nitrogen and oxygen atoms in total. The third kappa shape index (κ3) is 2.86. The van der Waals surface area contributed by atoms with Crippen LogP contribution in [0.25, 0.3) is 11.3 Å². The highest BCUT2D eigenvalue weighted by Gasteiger charge is 2.10. The summed E-state index contributed by atoms with van der Waals surface area (Å²) in [4.78, 5) is 19.6. The van der Waals surface area contributed by atoms with Crippen molar-refractivity contribution in [3.05, 3.63) is 29.9 Å². The molecule has 0 aliphatic heterocycles. The summed E-state index contributed by atoms with van der Waals surface area (Å²) in [7, 11) is 0. The van der Waals surface area contributed by atoms with E-state index in [0.29, 0.717) is 5.13 Å². The standard InChI is InChI=1S/C11H12N4OS/c1-7(12)10(16)15-11-14-9(6-17-11)8-2-4-13-5-3-8/h2-7H,12H2,1H3,(H,14,15,16). The average molecular weight is 248 g/mol. The predicted molar refractivity (Wildman–Crippen MR) is 67.6 cm³/mol. The molecule has 2 rings (SSSR count). The van der Waals surface area contributed by atoms with Crippen LogP contribution in [-0.4, -0.2) is 21.9 Å². The van der Waals surface area contributed by atoms with Crippen LogP contribution in [0.4, 0.5) is 5.13 Å². The van der Waals surface area contributed by atoms with Gasteiger partial charge in [0.05, 0.1) is 11.7 Å². The van der Waals surface area contributed by atoms with Gasteiger partial charge in [-0.15, -0.1) is 11.3 Å². The molecule has 3 N–H and O–H groups in total. The SMILES string of the molecule is CC(N)C(=O)Nc1nc(-c2ccncc2)cs1. The molecule has 2 aromatic heterocycles. The number of hydrogen-bond donors (Lipinski definition) is 2. The van der Waals surface area contributed by atoms with E-state index in [1.807, 2.05) is 17.5 Å². The van der Waals surface area contributed by atoms with Crippen LogP contribution in [0.5, 0.6) is 0 Å². The smallest absolute Gasteiger partial charge is 0.242 e. The number of anilines is 1. The minimum atomic E-state index is -0.539. The summed E-state index contributed by atoms with van der Waals surface area (Å²) in [6.45, 7) is 1.63. The van der Waals surface area contributed by atoms with Crippen molar-refractivity contribution in [3.63, 3.8) is 0 Å². The van der Waals surface area contributed by atoms with Crippen molar-refractivity contribution in [2.24, 2.45) is 5.73 Å². The number of pyridine rings is 1. The lowest BCUT2D eigenvalue weighted by Crippen LogP contribution is -2.32. The largest absolute Gasteiger partial charge is 0.320 e. The Bertz CT molecular complexity index is 509. The topological polar surface area (TPSA) is 80.9 Å². The molecule has 0 radical (unpaired) electrons. The van der Waals surface area contributed by atoms with E-state index in [2.05, 4.69) is 15.3 Å². The third-order valence-corrected chi connectivity index (χ3v) is 2.88. The predicted octanol–water partition coefficient (Wildman–Crippen LogP) is 1.49. The van der Waals surface area contributed by atoms with Gasteiger partial charge >= 0.3 is 0 Å². The lowest BCUT2D eigenvalue weighted by molar-refractivity contribution is -0.117. The minimum Gasteiger partial charge on any atom is -0.320 e. The third-order valence-electron chi connectivity index (χ3n) is 2.12. The second kappa shape index (κ2) is 5.03. The van der Waals surface area contributed by atoms with E-state index < -0.39 is 6.04 Å². The van der Waals surface area contributed by atoms with E-state index in [1.54, 1.807) is 19.3 Å². The fraction of sp³-hybridized carbons (Fsp3) is 0.182. The Hall–Kier alpha value is -1.79. The quantitative estimate of drug-likeness (QED) is 0.862. The molecule has 1 amide bonds. The Labute approximate surface area is 103 Å². The van der Waals surface area contributed by atoms with Gasteiger partial charge in [0, 0.05) is 23.3 Å². The lowest BCUT2D eigenvalue weighted by Gasteiger charge is -2.03. The van der Waals surface area contributed by atoms with Crippen LogP contribution in [-0.2, 0) is 4.79 Å². The summed E-state index contributed by atoms with van der Waals surface area (Å²) in [5.41, 5.74) is 7.25. The normalized spacial score (nSPS) is 12.1. The van der Waals surface area contributed by atoms with Crippen LogP contribution in [0.1, 0.15) is 6.92 Å². The highest BCUT2D eigenvalue weighted by atomic mass is 32.1. The summed E-state index contributed by atoms with van der Waals surface area (Å²) in [5, 5.41) is 5.10. The summed E-state index contributed by atoms with van der Waals surface area (Å²) >= 11 is 1.37. The average Bonchev–Trinajstić information content (AvgIpc) is 2.78. The van der Waals surface area contributed by atoms with Crippen molar-refractivity contribution in [2.45, 2.75) is 13.0 Å². The Morgan fingerprint density at radius 3 is 2.82 bits per heavy atom. The maximum absolute atomic E-state index is 11.4. The van der Waals surface area contributed by atoms with Crippen molar-refractivity contribution >= 4 is 22.4 Å². The number of carbonyl (C=O) groups is 1. The van der Waals surface area contributed by atoms with Gasteiger partial charge in [-0.25, -0.2) is 4.98 Å². The fourth-order valence-electron chi connectivity index (χ4n) is 1.21. The molecule has 0 bridgehead atoms. The lowest BCUT2D eigenvalue weighted by atomic mass is 10.2. The molecule has 88 valence electrons. The number of carbonyl (C=O) groups excluding carboxylic acids is 1. The molecule has 1 atom stereocenters.